The molecular weight excluding hydrogens is 667 g/mol. The van der Waals surface area contributed by atoms with Crippen molar-refractivity contribution in [1.29, 1.82) is 0 Å². The van der Waals surface area contributed by atoms with Crippen LogP contribution in [-0.4, -0.2) is 72.8 Å². The molecule has 0 unspecified atom stereocenters. The van der Waals surface area contributed by atoms with Gasteiger partial charge in [-0.15, -0.1) is 11.8 Å². The van der Waals surface area contributed by atoms with Crippen molar-refractivity contribution in [3.8, 4) is 0 Å². The monoisotopic (exact) mass is 707 g/mol. The Hall–Kier alpha value is -4.30. The number of piperidine rings is 2. The highest BCUT2D eigenvalue weighted by Crippen LogP contribution is 2.46. The number of sulfonamides is 1. The predicted molar refractivity (Wildman–Crippen MR) is 189 cm³/mol. The molecule has 14 heteroatoms. The molecule has 2 heterocycles. The van der Waals surface area contributed by atoms with Gasteiger partial charge in [-0.2, -0.15) is 0 Å². The lowest BCUT2D eigenvalue weighted by Gasteiger charge is -2.42. The number of amides is 2. The van der Waals surface area contributed by atoms with Gasteiger partial charge in [0.05, 0.1) is 15.4 Å². The molecule has 260 valence electrons. The summed E-state index contributed by atoms with van der Waals surface area (Å²) in [5.41, 5.74) is 0.570. The molecule has 12 nitrogen and oxygen atoms in total. The van der Waals surface area contributed by atoms with Crippen LogP contribution < -0.4 is 14.9 Å². The Morgan fingerprint density at radius 2 is 1.53 bits per heavy atom. The summed E-state index contributed by atoms with van der Waals surface area (Å²) in [6.07, 6.45) is 7.31. The van der Waals surface area contributed by atoms with Crippen LogP contribution in [0.4, 0.5) is 21.9 Å². The topological polar surface area (TPSA) is 162 Å². The van der Waals surface area contributed by atoms with Crippen molar-refractivity contribution in [3.05, 3.63) is 88.5 Å². The van der Waals surface area contributed by atoms with Gasteiger partial charge in [-0.25, -0.2) is 17.9 Å². The summed E-state index contributed by atoms with van der Waals surface area (Å²) in [4.78, 5) is 40.4. The van der Waals surface area contributed by atoms with Crippen LogP contribution in [0.5, 0.6) is 0 Å². The summed E-state index contributed by atoms with van der Waals surface area (Å²) in [7, 11) is -4.45. The second-order valence-corrected chi connectivity index (χ2v) is 16.1. The first-order chi connectivity index (χ1) is 23.5. The first-order valence-corrected chi connectivity index (χ1v) is 19.1. The Kier molecular flexibility index (Phi) is 10.1. The fourth-order valence-electron chi connectivity index (χ4n) is 7.32. The highest BCUT2D eigenvalue weighted by atomic mass is 32.2. The molecule has 3 aromatic rings. The Balaban J connectivity index is 1.15. The van der Waals surface area contributed by atoms with E-state index in [1.165, 1.54) is 42.7 Å². The van der Waals surface area contributed by atoms with E-state index in [0.29, 0.717) is 24.0 Å². The van der Waals surface area contributed by atoms with Gasteiger partial charge in [0, 0.05) is 54.1 Å². The third kappa shape index (κ3) is 7.96. The molecule has 0 bridgehead atoms. The Bertz CT molecular complexity index is 1780. The van der Waals surface area contributed by atoms with Crippen molar-refractivity contribution in [3.63, 3.8) is 0 Å². The summed E-state index contributed by atoms with van der Waals surface area (Å²) in [5, 5.41) is 25.0. The van der Waals surface area contributed by atoms with E-state index in [1.54, 1.807) is 23.9 Å². The SMILES string of the molecule is O=C(NS(=O)(=O)c1ccc(NC2(CSc3ccccc3)CCN(C(=O)O)CC2)c([N+](=O)[O-])c1)c1ccc(N2CCC3(CCCC3)CC2)cc1. The van der Waals surface area contributed by atoms with Gasteiger partial charge in [-0.3, -0.25) is 14.9 Å². The number of hydrogen-bond donors (Lipinski definition) is 3. The summed E-state index contributed by atoms with van der Waals surface area (Å²) < 4.78 is 28.7. The summed E-state index contributed by atoms with van der Waals surface area (Å²) >= 11 is 1.55. The number of hydrogen-bond acceptors (Lipinski definition) is 9. The Morgan fingerprint density at radius 1 is 0.878 bits per heavy atom. The molecule has 49 heavy (non-hydrogen) atoms. The van der Waals surface area contributed by atoms with Crippen molar-refractivity contribution < 1.29 is 28.0 Å². The normalized spacial score (nSPS) is 18.6. The first-order valence-electron chi connectivity index (χ1n) is 16.6. The maximum atomic E-state index is 13.3. The van der Waals surface area contributed by atoms with Gasteiger partial charge in [0.2, 0.25) is 0 Å². The van der Waals surface area contributed by atoms with Gasteiger partial charge in [-0.05, 0) is 92.5 Å². The minimum atomic E-state index is -4.45. The molecule has 0 atom stereocenters. The van der Waals surface area contributed by atoms with Crippen molar-refractivity contribution in [2.45, 2.75) is 66.7 Å². The van der Waals surface area contributed by atoms with Gasteiger partial charge in [0.1, 0.15) is 5.69 Å². The number of benzene rings is 3. The lowest BCUT2D eigenvalue weighted by Crippen LogP contribution is -2.52. The van der Waals surface area contributed by atoms with E-state index in [1.807, 2.05) is 42.5 Å². The van der Waals surface area contributed by atoms with Gasteiger partial charge in [0.15, 0.2) is 0 Å². The molecule has 3 fully saturated rings. The lowest BCUT2D eigenvalue weighted by molar-refractivity contribution is -0.384. The number of nitrogens with zero attached hydrogens (tertiary/aromatic N) is 3. The average molecular weight is 708 g/mol. The average Bonchev–Trinajstić information content (AvgIpc) is 3.56. The summed E-state index contributed by atoms with van der Waals surface area (Å²) in [6.45, 7) is 2.39. The molecule has 0 aromatic heterocycles. The quantitative estimate of drug-likeness (QED) is 0.119. The number of carbonyl (C=O) groups excluding carboxylic acids is 1. The fraction of sp³-hybridized carbons (Fsp3) is 0.429. The van der Waals surface area contributed by atoms with Crippen molar-refractivity contribution in [1.82, 2.24) is 9.62 Å². The zero-order chi connectivity index (χ0) is 34.6. The number of nitro groups is 1. The van der Waals surface area contributed by atoms with Crippen LogP contribution in [0.15, 0.2) is 82.6 Å². The lowest BCUT2D eigenvalue weighted by atomic mass is 9.77. The van der Waals surface area contributed by atoms with E-state index >= 15 is 0 Å². The second kappa shape index (κ2) is 14.3. The number of nitrogens with one attached hydrogen (secondary N) is 2. The van der Waals surface area contributed by atoms with E-state index in [4.69, 9.17) is 0 Å². The van der Waals surface area contributed by atoms with Crippen LogP contribution in [0, 0.1) is 15.5 Å². The number of likely N-dealkylation sites (tertiary alicyclic amines) is 1. The van der Waals surface area contributed by atoms with Crippen LogP contribution in [0.2, 0.25) is 0 Å². The molecule has 1 spiro atoms. The number of thioether (sulfide) groups is 1. The van der Waals surface area contributed by atoms with Crippen LogP contribution in [0.25, 0.3) is 0 Å². The molecule has 2 aliphatic heterocycles. The maximum absolute atomic E-state index is 13.3. The third-order valence-electron chi connectivity index (χ3n) is 10.3. The molecule has 2 amide bonds. The van der Waals surface area contributed by atoms with Crippen LogP contribution in [0.1, 0.15) is 61.7 Å². The van der Waals surface area contributed by atoms with Crippen LogP contribution in [-0.2, 0) is 10.0 Å². The molecular formula is C35H41N5O7S2. The second-order valence-electron chi connectivity index (χ2n) is 13.4. The molecule has 6 rings (SSSR count). The number of rotatable bonds is 10. The predicted octanol–water partition coefficient (Wildman–Crippen LogP) is 6.59. The minimum absolute atomic E-state index is 0.111. The first kappa shape index (κ1) is 34.6. The molecule has 1 aliphatic carbocycles. The number of carboxylic acid groups (broad SMARTS) is 1. The molecule has 1 saturated carbocycles. The third-order valence-corrected chi connectivity index (χ3v) is 13.0. The summed E-state index contributed by atoms with van der Waals surface area (Å²) in [5.74, 6) is -0.336. The van der Waals surface area contributed by atoms with Gasteiger partial charge >= 0.3 is 6.09 Å². The van der Waals surface area contributed by atoms with Gasteiger partial charge in [-0.1, -0.05) is 31.0 Å². The standard InChI is InChI=1S/C35H41N5O7S2/c41-32(26-8-10-27(11-9-26)38-20-16-34(17-21-38)14-4-5-15-34)37-49(46,47)29-12-13-30(31(24-29)40(44)45)36-35(18-22-39(23-19-35)33(42)43)25-48-28-6-2-1-3-7-28/h1-3,6-13,24,36H,4-5,14-23,25H2,(H,37,41)(H,42,43). The van der Waals surface area contributed by atoms with Crippen molar-refractivity contribution >= 4 is 50.8 Å². The minimum Gasteiger partial charge on any atom is -0.465 e. The van der Waals surface area contributed by atoms with Gasteiger partial charge < -0.3 is 20.2 Å². The number of carbonyl (C=O) groups is 2. The molecule has 2 saturated heterocycles. The number of nitro benzene ring substituents is 1. The van der Waals surface area contributed by atoms with E-state index in [-0.39, 0.29) is 24.3 Å². The molecule has 0 radical (unpaired) electrons. The van der Waals surface area contributed by atoms with Crippen molar-refractivity contribution in [2.75, 3.05) is 42.1 Å². The highest BCUT2D eigenvalue weighted by Gasteiger charge is 2.39. The Labute approximate surface area is 290 Å². The van der Waals surface area contributed by atoms with Gasteiger partial charge in [0.25, 0.3) is 21.6 Å². The fourth-order valence-corrected chi connectivity index (χ4v) is 9.47. The smallest absolute Gasteiger partial charge is 0.407 e. The zero-order valence-corrected chi connectivity index (χ0v) is 28.8. The zero-order valence-electron chi connectivity index (χ0n) is 27.2. The molecule has 3 N–H and O–H groups in total. The van der Waals surface area contributed by atoms with Crippen LogP contribution in [0.3, 0.4) is 0 Å². The maximum Gasteiger partial charge on any atom is 0.407 e. The van der Waals surface area contributed by atoms with Crippen molar-refractivity contribution in [2.24, 2.45) is 5.41 Å². The summed E-state index contributed by atoms with van der Waals surface area (Å²) in [6, 6.07) is 20.0. The van der Waals surface area contributed by atoms with E-state index in [2.05, 4.69) is 14.9 Å². The number of anilines is 2. The Morgan fingerprint density at radius 3 is 2.14 bits per heavy atom. The van der Waals surface area contributed by atoms with E-state index < -0.39 is 43.1 Å². The molecule has 3 aromatic carbocycles. The molecule has 3 aliphatic rings. The highest BCUT2D eigenvalue weighted by molar-refractivity contribution is 7.99. The van der Waals surface area contributed by atoms with E-state index in [0.717, 1.165) is 42.6 Å². The van der Waals surface area contributed by atoms with Crippen LogP contribution >= 0.6 is 11.8 Å². The largest absolute Gasteiger partial charge is 0.465 e. The van der Waals surface area contributed by atoms with E-state index in [9.17, 15) is 33.2 Å².